The molecular weight excluding hydrogens is 387 g/mol. The number of benzene rings is 3. The topological polar surface area (TPSA) is 44.9 Å². The van der Waals surface area contributed by atoms with Crippen molar-refractivity contribution < 1.29 is 9.18 Å². The van der Waals surface area contributed by atoms with Crippen LogP contribution >= 0.6 is 0 Å². The van der Waals surface area contributed by atoms with Gasteiger partial charge in [-0.25, -0.2) is 4.39 Å². The van der Waals surface area contributed by atoms with Gasteiger partial charge in [0.25, 0.3) is 0 Å². The summed E-state index contributed by atoms with van der Waals surface area (Å²) in [5.41, 5.74) is 7.41. The number of fused-ring (bicyclic) bond motifs is 1. The molecule has 4 heteroatoms. The summed E-state index contributed by atoms with van der Waals surface area (Å²) in [7, 11) is 0. The van der Waals surface area contributed by atoms with Crippen molar-refractivity contribution in [3.8, 4) is 0 Å². The van der Waals surface area contributed by atoms with Crippen molar-refractivity contribution in [2.24, 2.45) is 0 Å². The number of aryl methyl sites for hydroxylation is 3. The van der Waals surface area contributed by atoms with Crippen LogP contribution in [0.5, 0.6) is 0 Å². The first kappa shape index (κ1) is 20.9. The molecule has 0 aliphatic carbocycles. The van der Waals surface area contributed by atoms with Gasteiger partial charge >= 0.3 is 0 Å². The van der Waals surface area contributed by atoms with Crippen LogP contribution in [-0.4, -0.2) is 10.9 Å². The lowest BCUT2D eigenvalue weighted by atomic mass is 9.87. The zero-order valence-corrected chi connectivity index (χ0v) is 18.1. The number of rotatable bonds is 6. The van der Waals surface area contributed by atoms with Gasteiger partial charge in [-0.2, -0.15) is 0 Å². The molecule has 0 saturated heterocycles. The average molecular weight is 415 g/mol. The lowest BCUT2D eigenvalue weighted by Gasteiger charge is -2.18. The number of amides is 1. The summed E-state index contributed by atoms with van der Waals surface area (Å²) in [4.78, 5) is 16.4. The molecule has 0 spiro atoms. The van der Waals surface area contributed by atoms with E-state index in [1.807, 2.05) is 38.2 Å². The summed E-state index contributed by atoms with van der Waals surface area (Å²) in [6.07, 6.45) is 3.18. The van der Waals surface area contributed by atoms with Gasteiger partial charge in [0.15, 0.2) is 0 Å². The monoisotopic (exact) mass is 414 g/mol. The number of nitrogens with one attached hydrogen (secondary N) is 2. The zero-order chi connectivity index (χ0) is 22.0. The number of anilines is 1. The summed E-state index contributed by atoms with van der Waals surface area (Å²) >= 11 is 0. The van der Waals surface area contributed by atoms with Crippen LogP contribution in [0.15, 0.2) is 66.9 Å². The van der Waals surface area contributed by atoms with Gasteiger partial charge < -0.3 is 10.3 Å². The maximum Gasteiger partial charge on any atom is 0.225 e. The summed E-state index contributed by atoms with van der Waals surface area (Å²) in [5, 5.41) is 4.14. The molecule has 1 heterocycles. The highest BCUT2D eigenvalue weighted by molar-refractivity contribution is 5.93. The fraction of sp³-hybridized carbons (Fsp3) is 0.222. The third-order valence-corrected chi connectivity index (χ3v) is 6.04. The van der Waals surface area contributed by atoms with Crippen LogP contribution in [-0.2, 0) is 11.2 Å². The number of halogens is 1. The van der Waals surface area contributed by atoms with Gasteiger partial charge in [-0.05, 0) is 72.4 Å². The molecule has 1 amide bonds. The van der Waals surface area contributed by atoms with E-state index in [0.717, 1.165) is 39.7 Å². The van der Waals surface area contributed by atoms with Crippen LogP contribution in [0.1, 0.15) is 47.1 Å². The average Bonchev–Trinajstić information content (AvgIpc) is 3.19. The highest BCUT2D eigenvalue weighted by Gasteiger charge is 2.22. The van der Waals surface area contributed by atoms with Crippen molar-refractivity contribution >= 4 is 22.5 Å². The molecule has 0 fully saturated rings. The van der Waals surface area contributed by atoms with E-state index in [1.54, 1.807) is 12.1 Å². The number of hydrogen-bond donors (Lipinski definition) is 2. The molecular formula is C27H27FN2O. The Morgan fingerprint density at radius 3 is 2.52 bits per heavy atom. The van der Waals surface area contributed by atoms with Gasteiger partial charge in [-0.3, -0.25) is 4.79 Å². The van der Waals surface area contributed by atoms with Crippen LogP contribution in [0.3, 0.4) is 0 Å². The van der Waals surface area contributed by atoms with E-state index in [9.17, 15) is 9.18 Å². The molecule has 4 aromatic rings. The molecule has 0 radical (unpaired) electrons. The Bertz CT molecular complexity index is 1220. The van der Waals surface area contributed by atoms with Gasteiger partial charge in [0.05, 0.1) is 0 Å². The number of para-hydroxylation sites is 1. The summed E-state index contributed by atoms with van der Waals surface area (Å²) < 4.78 is 13.6. The number of H-pyrrole nitrogens is 1. The van der Waals surface area contributed by atoms with Crippen LogP contribution < -0.4 is 5.32 Å². The Kier molecular flexibility index (Phi) is 5.90. The number of hydrogen-bond acceptors (Lipinski definition) is 1. The van der Waals surface area contributed by atoms with Gasteiger partial charge in [0.1, 0.15) is 5.82 Å². The highest BCUT2D eigenvalue weighted by Crippen LogP contribution is 2.35. The summed E-state index contributed by atoms with van der Waals surface area (Å²) in [6.45, 7) is 6.21. The molecule has 1 aromatic heterocycles. The molecule has 31 heavy (non-hydrogen) atoms. The van der Waals surface area contributed by atoms with Crippen LogP contribution in [0, 0.1) is 19.7 Å². The Labute approximate surface area is 182 Å². The minimum atomic E-state index is -0.283. The van der Waals surface area contributed by atoms with Gasteiger partial charge in [0.2, 0.25) is 5.91 Å². The van der Waals surface area contributed by atoms with Crippen LogP contribution in [0.25, 0.3) is 10.9 Å². The van der Waals surface area contributed by atoms with Gasteiger partial charge in [-0.1, -0.05) is 43.3 Å². The fourth-order valence-electron chi connectivity index (χ4n) is 4.14. The third kappa shape index (κ3) is 4.38. The molecule has 4 rings (SSSR count). The first-order chi connectivity index (χ1) is 15.0. The molecule has 1 unspecified atom stereocenters. The first-order valence-corrected chi connectivity index (χ1v) is 10.7. The van der Waals surface area contributed by atoms with Crippen molar-refractivity contribution in [3.05, 3.63) is 100 Å². The predicted molar refractivity (Wildman–Crippen MR) is 125 cm³/mol. The summed E-state index contributed by atoms with van der Waals surface area (Å²) in [5.74, 6) is -0.541. The van der Waals surface area contributed by atoms with E-state index in [2.05, 4.69) is 35.4 Å². The maximum absolute atomic E-state index is 13.6. The van der Waals surface area contributed by atoms with E-state index < -0.39 is 0 Å². The van der Waals surface area contributed by atoms with Crippen LogP contribution in [0.2, 0.25) is 0 Å². The van der Waals surface area contributed by atoms with Crippen molar-refractivity contribution in [1.82, 2.24) is 4.98 Å². The predicted octanol–water partition coefficient (Wildman–Crippen LogP) is 6.65. The Hall–Kier alpha value is -3.40. The van der Waals surface area contributed by atoms with E-state index in [1.165, 1.54) is 23.3 Å². The van der Waals surface area contributed by atoms with E-state index in [-0.39, 0.29) is 24.1 Å². The number of aromatic nitrogens is 1. The molecule has 158 valence electrons. The van der Waals surface area contributed by atoms with E-state index in [4.69, 9.17) is 0 Å². The van der Waals surface area contributed by atoms with Crippen molar-refractivity contribution in [1.29, 1.82) is 0 Å². The lowest BCUT2D eigenvalue weighted by Crippen LogP contribution is -2.16. The van der Waals surface area contributed by atoms with E-state index in [0.29, 0.717) is 0 Å². The molecule has 0 aliphatic heterocycles. The smallest absolute Gasteiger partial charge is 0.225 e. The highest BCUT2D eigenvalue weighted by atomic mass is 19.1. The number of carbonyl (C=O) groups excluding carboxylic acids is 1. The normalized spacial score (nSPS) is 12.1. The Balaban J connectivity index is 1.69. The van der Waals surface area contributed by atoms with Crippen molar-refractivity contribution in [2.75, 3.05) is 5.32 Å². The fourth-order valence-corrected chi connectivity index (χ4v) is 4.14. The van der Waals surface area contributed by atoms with Gasteiger partial charge in [0, 0.05) is 35.1 Å². The molecule has 3 nitrogen and oxygen atoms in total. The van der Waals surface area contributed by atoms with Crippen molar-refractivity contribution in [2.45, 2.75) is 39.5 Å². The Morgan fingerprint density at radius 2 is 1.81 bits per heavy atom. The zero-order valence-electron chi connectivity index (χ0n) is 18.1. The number of carbonyl (C=O) groups is 1. The first-order valence-electron chi connectivity index (χ1n) is 10.7. The quantitative estimate of drug-likeness (QED) is 0.365. The van der Waals surface area contributed by atoms with Crippen molar-refractivity contribution in [3.63, 3.8) is 0 Å². The standard InChI is InChI=1S/C27H27FN2O/c1-4-19-6-5-7-23-25(16-29-27(19)23)24(20-9-11-21(28)12-10-20)15-26(31)30-22-13-8-17(2)18(3)14-22/h5-14,16,24,29H,4,15H2,1-3H3,(H,30,31). The lowest BCUT2D eigenvalue weighted by molar-refractivity contribution is -0.116. The molecule has 3 aromatic carbocycles. The van der Waals surface area contributed by atoms with Gasteiger partial charge in [-0.15, -0.1) is 0 Å². The molecule has 0 aliphatic rings. The second-order valence-electron chi connectivity index (χ2n) is 8.09. The maximum atomic E-state index is 13.6. The second-order valence-corrected chi connectivity index (χ2v) is 8.09. The minimum Gasteiger partial charge on any atom is -0.361 e. The Morgan fingerprint density at radius 1 is 1.03 bits per heavy atom. The SMILES string of the molecule is CCc1cccc2c(C(CC(=O)Nc3ccc(C)c(C)c3)c3ccc(F)cc3)c[nH]c12. The second kappa shape index (κ2) is 8.76. The third-order valence-electron chi connectivity index (χ3n) is 6.04. The largest absolute Gasteiger partial charge is 0.361 e. The molecule has 0 saturated carbocycles. The molecule has 1 atom stereocenters. The molecule has 2 N–H and O–H groups in total. The molecule has 0 bridgehead atoms. The van der Waals surface area contributed by atoms with E-state index >= 15 is 0 Å². The van der Waals surface area contributed by atoms with Crippen LogP contribution in [0.4, 0.5) is 10.1 Å². The summed E-state index contributed by atoms with van der Waals surface area (Å²) in [6, 6.07) is 18.6. The minimum absolute atomic E-state index is 0.0708. The number of aromatic amines is 1.